The molecule has 2 aromatic rings. The molecule has 1 aromatic carbocycles. The van der Waals surface area contributed by atoms with Gasteiger partial charge in [-0.2, -0.15) is 4.98 Å². The van der Waals surface area contributed by atoms with Gasteiger partial charge < -0.3 is 19.9 Å². The third-order valence-electron chi connectivity index (χ3n) is 3.59. The Hall–Kier alpha value is -2.41. The lowest BCUT2D eigenvalue weighted by molar-refractivity contribution is -0.115. The SMILES string of the molecule is COc1ccccc1NC(=O)Cc1noc([C@H]2CCNC2)n1. The second kappa shape index (κ2) is 6.57. The van der Waals surface area contributed by atoms with Gasteiger partial charge >= 0.3 is 0 Å². The number of methoxy groups -OCH3 is 1. The minimum Gasteiger partial charge on any atom is -0.495 e. The minimum atomic E-state index is -0.207. The first-order valence-corrected chi connectivity index (χ1v) is 7.22. The van der Waals surface area contributed by atoms with E-state index in [-0.39, 0.29) is 18.2 Å². The van der Waals surface area contributed by atoms with Crippen LogP contribution < -0.4 is 15.4 Å². The average molecular weight is 302 g/mol. The monoisotopic (exact) mass is 302 g/mol. The van der Waals surface area contributed by atoms with Crippen LogP contribution in [0.3, 0.4) is 0 Å². The molecule has 0 radical (unpaired) electrons. The number of nitrogens with one attached hydrogen (secondary N) is 2. The Balaban J connectivity index is 1.62. The van der Waals surface area contributed by atoms with E-state index in [0.717, 1.165) is 19.5 Å². The molecule has 1 saturated heterocycles. The first kappa shape index (κ1) is 14.5. The van der Waals surface area contributed by atoms with Crippen molar-refractivity contribution in [3.8, 4) is 5.75 Å². The van der Waals surface area contributed by atoms with Crippen molar-refractivity contribution in [3.05, 3.63) is 36.0 Å². The molecular formula is C15H18N4O3. The number of amides is 1. The standard InChI is InChI=1S/C15H18N4O3/c1-21-12-5-3-2-4-11(12)17-14(20)8-13-18-15(22-19-13)10-6-7-16-9-10/h2-5,10,16H,6-9H2,1H3,(H,17,20)/t10-/m0/s1. The third-order valence-corrected chi connectivity index (χ3v) is 3.59. The summed E-state index contributed by atoms with van der Waals surface area (Å²) >= 11 is 0. The predicted molar refractivity (Wildman–Crippen MR) is 79.9 cm³/mol. The summed E-state index contributed by atoms with van der Waals surface area (Å²) in [5.41, 5.74) is 0.624. The maximum atomic E-state index is 12.1. The number of aromatic nitrogens is 2. The molecule has 1 atom stereocenters. The number of carbonyl (C=O) groups is 1. The van der Waals surface area contributed by atoms with Gasteiger partial charge in [0.2, 0.25) is 11.8 Å². The van der Waals surface area contributed by atoms with Crippen molar-refractivity contribution in [2.45, 2.75) is 18.8 Å². The fraction of sp³-hybridized carbons (Fsp3) is 0.400. The molecule has 7 nitrogen and oxygen atoms in total. The Morgan fingerprint density at radius 3 is 3.14 bits per heavy atom. The Bertz CT molecular complexity index is 650. The highest BCUT2D eigenvalue weighted by molar-refractivity contribution is 5.93. The van der Waals surface area contributed by atoms with Gasteiger partial charge in [-0.3, -0.25) is 4.79 Å². The van der Waals surface area contributed by atoms with Gasteiger partial charge in [0.05, 0.1) is 25.1 Å². The van der Waals surface area contributed by atoms with Crippen molar-refractivity contribution in [3.63, 3.8) is 0 Å². The number of hydrogen-bond acceptors (Lipinski definition) is 6. The van der Waals surface area contributed by atoms with Crippen LogP contribution in [-0.4, -0.2) is 36.2 Å². The van der Waals surface area contributed by atoms with Crippen LogP contribution in [-0.2, 0) is 11.2 Å². The van der Waals surface area contributed by atoms with E-state index in [1.165, 1.54) is 0 Å². The van der Waals surface area contributed by atoms with E-state index in [0.29, 0.717) is 23.2 Å². The normalized spacial score (nSPS) is 17.4. The molecule has 1 aliphatic rings. The number of hydrogen-bond donors (Lipinski definition) is 2. The Morgan fingerprint density at radius 1 is 1.50 bits per heavy atom. The predicted octanol–water partition coefficient (Wildman–Crippen LogP) is 1.34. The highest BCUT2D eigenvalue weighted by Gasteiger charge is 2.23. The van der Waals surface area contributed by atoms with Crippen molar-refractivity contribution >= 4 is 11.6 Å². The topological polar surface area (TPSA) is 89.3 Å². The fourth-order valence-corrected chi connectivity index (χ4v) is 2.46. The lowest BCUT2D eigenvalue weighted by atomic mass is 10.1. The first-order chi connectivity index (χ1) is 10.8. The molecule has 1 fully saturated rings. The summed E-state index contributed by atoms with van der Waals surface area (Å²) in [5, 5.41) is 9.92. The minimum absolute atomic E-state index is 0.0711. The molecule has 0 bridgehead atoms. The second-order valence-corrected chi connectivity index (χ2v) is 5.16. The quantitative estimate of drug-likeness (QED) is 0.866. The Kier molecular flexibility index (Phi) is 4.34. The van der Waals surface area contributed by atoms with Gasteiger partial charge in [0.15, 0.2) is 5.82 Å². The van der Waals surface area contributed by atoms with Crippen LogP contribution in [0.1, 0.15) is 24.1 Å². The number of rotatable bonds is 5. The summed E-state index contributed by atoms with van der Waals surface area (Å²) in [7, 11) is 1.56. The highest BCUT2D eigenvalue weighted by atomic mass is 16.5. The van der Waals surface area contributed by atoms with Crippen molar-refractivity contribution < 1.29 is 14.1 Å². The van der Waals surface area contributed by atoms with E-state index < -0.39 is 0 Å². The van der Waals surface area contributed by atoms with E-state index in [1.54, 1.807) is 19.2 Å². The van der Waals surface area contributed by atoms with Gasteiger partial charge in [-0.15, -0.1) is 0 Å². The zero-order chi connectivity index (χ0) is 15.4. The second-order valence-electron chi connectivity index (χ2n) is 5.16. The average Bonchev–Trinajstić information content (AvgIpc) is 3.18. The van der Waals surface area contributed by atoms with Gasteiger partial charge in [-0.25, -0.2) is 0 Å². The smallest absolute Gasteiger partial charge is 0.232 e. The van der Waals surface area contributed by atoms with E-state index in [2.05, 4.69) is 20.8 Å². The maximum absolute atomic E-state index is 12.1. The number of nitrogens with zero attached hydrogens (tertiary/aromatic N) is 2. The zero-order valence-corrected chi connectivity index (χ0v) is 12.3. The molecule has 2 heterocycles. The third kappa shape index (κ3) is 3.25. The molecular weight excluding hydrogens is 284 g/mol. The summed E-state index contributed by atoms with van der Waals surface area (Å²) in [6, 6.07) is 7.24. The lowest BCUT2D eigenvalue weighted by Gasteiger charge is -2.08. The zero-order valence-electron chi connectivity index (χ0n) is 12.3. The van der Waals surface area contributed by atoms with Crippen molar-refractivity contribution in [2.24, 2.45) is 0 Å². The van der Waals surface area contributed by atoms with E-state index in [1.807, 2.05) is 12.1 Å². The van der Waals surface area contributed by atoms with E-state index >= 15 is 0 Å². The fourth-order valence-electron chi connectivity index (χ4n) is 2.46. The van der Waals surface area contributed by atoms with Crippen molar-refractivity contribution in [1.82, 2.24) is 15.5 Å². The molecule has 0 saturated carbocycles. The van der Waals surface area contributed by atoms with Crippen molar-refractivity contribution in [1.29, 1.82) is 0 Å². The summed E-state index contributed by atoms with van der Waals surface area (Å²) in [5.74, 6) is 1.65. The molecule has 0 unspecified atom stereocenters. The van der Waals surface area contributed by atoms with E-state index in [4.69, 9.17) is 9.26 Å². The molecule has 22 heavy (non-hydrogen) atoms. The number of ether oxygens (including phenoxy) is 1. The molecule has 116 valence electrons. The summed E-state index contributed by atoms with van der Waals surface area (Å²) in [4.78, 5) is 16.4. The molecule has 1 amide bonds. The van der Waals surface area contributed by atoms with Gasteiger partial charge in [0, 0.05) is 6.54 Å². The van der Waals surface area contributed by atoms with Gasteiger partial charge in [-0.05, 0) is 25.1 Å². The molecule has 1 aliphatic heterocycles. The first-order valence-electron chi connectivity index (χ1n) is 7.22. The van der Waals surface area contributed by atoms with Crippen LogP contribution >= 0.6 is 0 Å². The molecule has 2 N–H and O–H groups in total. The number of benzene rings is 1. The summed E-state index contributed by atoms with van der Waals surface area (Å²) in [6.07, 6.45) is 1.05. The van der Waals surface area contributed by atoms with Crippen LogP contribution in [0.5, 0.6) is 5.75 Å². The van der Waals surface area contributed by atoms with Crippen LogP contribution in [0.2, 0.25) is 0 Å². The Morgan fingerprint density at radius 2 is 2.36 bits per heavy atom. The molecule has 0 aliphatic carbocycles. The highest BCUT2D eigenvalue weighted by Crippen LogP contribution is 2.23. The van der Waals surface area contributed by atoms with E-state index in [9.17, 15) is 4.79 Å². The summed E-state index contributed by atoms with van der Waals surface area (Å²) < 4.78 is 10.4. The van der Waals surface area contributed by atoms with Gasteiger partial charge in [-0.1, -0.05) is 17.3 Å². The molecule has 1 aromatic heterocycles. The van der Waals surface area contributed by atoms with Crippen LogP contribution in [0.15, 0.2) is 28.8 Å². The van der Waals surface area contributed by atoms with Gasteiger partial charge in [0.1, 0.15) is 5.75 Å². The number of para-hydroxylation sites is 2. The molecule has 7 heteroatoms. The lowest BCUT2D eigenvalue weighted by Crippen LogP contribution is -2.16. The molecule has 0 spiro atoms. The van der Waals surface area contributed by atoms with Crippen molar-refractivity contribution in [2.75, 3.05) is 25.5 Å². The van der Waals surface area contributed by atoms with Crippen LogP contribution in [0.25, 0.3) is 0 Å². The van der Waals surface area contributed by atoms with Crippen LogP contribution in [0, 0.1) is 0 Å². The number of anilines is 1. The molecule has 3 rings (SSSR count). The van der Waals surface area contributed by atoms with Crippen LogP contribution in [0.4, 0.5) is 5.69 Å². The Labute approximate surface area is 128 Å². The largest absolute Gasteiger partial charge is 0.495 e. The summed E-state index contributed by atoms with van der Waals surface area (Å²) in [6.45, 7) is 1.80. The number of carbonyl (C=O) groups excluding carboxylic acids is 1. The maximum Gasteiger partial charge on any atom is 0.232 e. The van der Waals surface area contributed by atoms with Gasteiger partial charge in [0.25, 0.3) is 0 Å².